The first-order chi connectivity index (χ1) is 7.70. The molecule has 0 aliphatic heterocycles. The number of hydrogen-bond donors (Lipinski definition) is 1. The Kier molecular flexibility index (Phi) is 3.01. The van der Waals surface area contributed by atoms with Crippen LogP contribution in [0.4, 0.5) is 0 Å². The van der Waals surface area contributed by atoms with E-state index >= 15 is 0 Å². The lowest BCUT2D eigenvalue weighted by Crippen LogP contribution is -2.08. The number of aliphatic hydroxyl groups excluding tert-OH is 1. The summed E-state index contributed by atoms with van der Waals surface area (Å²) >= 11 is 0. The Hall–Kier alpha value is -1.68. The highest BCUT2D eigenvalue weighted by Crippen LogP contribution is 2.12. The van der Waals surface area contributed by atoms with Gasteiger partial charge in [-0.1, -0.05) is 23.8 Å². The molecule has 2 aromatic rings. The Morgan fingerprint density at radius 3 is 2.88 bits per heavy atom. The van der Waals surface area contributed by atoms with Gasteiger partial charge < -0.3 is 5.11 Å². The highest BCUT2D eigenvalue weighted by atomic mass is 16.3. The molecular weight excluding hydrogens is 202 g/mol. The molecule has 1 heterocycles. The van der Waals surface area contributed by atoms with Crippen LogP contribution in [0.25, 0.3) is 0 Å². The van der Waals surface area contributed by atoms with Crippen LogP contribution in [0, 0.1) is 13.8 Å². The second-order valence-electron chi connectivity index (χ2n) is 3.92. The summed E-state index contributed by atoms with van der Waals surface area (Å²) in [5.41, 5.74) is 3.66. The number of rotatable bonds is 3. The summed E-state index contributed by atoms with van der Waals surface area (Å²) < 4.78 is 1.72. The van der Waals surface area contributed by atoms with E-state index in [4.69, 9.17) is 5.11 Å². The maximum atomic E-state index is 9.09. The molecule has 0 unspecified atom stereocenters. The van der Waals surface area contributed by atoms with Crippen LogP contribution in [-0.2, 0) is 13.2 Å². The normalized spacial score (nSPS) is 10.7. The van der Waals surface area contributed by atoms with E-state index in [1.807, 2.05) is 0 Å². The summed E-state index contributed by atoms with van der Waals surface area (Å²) in [4.78, 5) is 3.98. The van der Waals surface area contributed by atoms with Gasteiger partial charge in [0.25, 0.3) is 0 Å². The van der Waals surface area contributed by atoms with Crippen molar-refractivity contribution in [2.24, 2.45) is 0 Å². The molecule has 0 saturated heterocycles. The van der Waals surface area contributed by atoms with Crippen molar-refractivity contribution in [3.8, 4) is 0 Å². The summed E-state index contributed by atoms with van der Waals surface area (Å²) in [6.07, 6.45) is 1.47. The number of hydrogen-bond acceptors (Lipinski definition) is 3. The van der Waals surface area contributed by atoms with E-state index in [0.717, 1.165) is 0 Å². The average Bonchev–Trinajstić information content (AvgIpc) is 2.71. The number of benzene rings is 1. The highest BCUT2D eigenvalue weighted by molar-refractivity contribution is 5.30. The van der Waals surface area contributed by atoms with Crippen LogP contribution < -0.4 is 0 Å². The molecule has 0 saturated carbocycles. The number of aromatic nitrogens is 3. The van der Waals surface area contributed by atoms with E-state index in [9.17, 15) is 0 Å². The van der Waals surface area contributed by atoms with Gasteiger partial charge in [-0.3, -0.25) is 0 Å². The molecule has 0 radical (unpaired) electrons. The lowest BCUT2D eigenvalue weighted by Gasteiger charge is -2.08. The first kappa shape index (κ1) is 10.8. The summed E-state index contributed by atoms with van der Waals surface area (Å²) in [6.45, 7) is 4.72. The van der Waals surface area contributed by atoms with Crippen LogP contribution in [0.3, 0.4) is 0 Å². The third-order valence-corrected chi connectivity index (χ3v) is 2.66. The Morgan fingerprint density at radius 1 is 1.31 bits per heavy atom. The van der Waals surface area contributed by atoms with E-state index in [1.165, 1.54) is 23.0 Å². The van der Waals surface area contributed by atoms with Crippen molar-refractivity contribution in [2.75, 3.05) is 0 Å². The smallest absolute Gasteiger partial charge is 0.152 e. The Labute approximate surface area is 94.6 Å². The van der Waals surface area contributed by atoms with Gasteiger partial charge in [0.05, 0.1) is 6.54 Å². The van der Waals surface area contributed by atoms with E-state index in [0.29, 0.717) is 12.4 Å². The molecule has 0 atom stereocenters. The van der Waals surface area contributed by atoms with Crippen molar-refractivity contribution in [1.29, 1.82) is 0 Å². The number of aryl methyl sites for hydroxylation is 2. The maximum Gasteiger partial charge on any atom is 0.152 e. The zero-order chi connectivity index (χ0) is 11.5. The standard InChI is InChI=1S/C12H15N3O/c1-9-3-4-10(2)11(5-9)6-15-12(7-16)13-8-14-15/h3-5,8,16H,6-7H2,1-2H3. The van der Waals surface area contributed by atoms with Gasteiger partial charge in [0.1, 0.15) is 12.9 Å². The van der Waals surface area contributed by atoms with Crippen LogP contribution >= 0.6 is 0 Å². The molecular formula is C12H15N3O. The lowest BCUT2D eigenvalue weighted by atomic mass is 10.1. The van der Waals surface area contributed by atoms with Crippen LogP contribution in [0.1, 0.15) is 22.5 Å². The minimum Gasteiger partial charge on any atom is -0.388 e. The molecule has 4 heteroatoms. The van der Waals surface area contributed by atoms with Crippen molar-refractivity contribution >= 4 is 0 Å². The topological polar surface area (TPSA) is 50.9 Å². The molecule has 0 aliphatic carbocycles. The van der Waals surface area contributed by atoms with Crippen molar-refractivity contribution in [3.05, 3.63) is 47.0 Å². The quantitative estimate of drug-likeness (QED) is 0.846. The Bertz CT molecular complexity index is 491. The molecule has 0 aliphatic rings. The SMILES string of the molecule is Cc1ccc(C)c(Cn2ncnc2CO)c1. The highest BCUT2D eigenvalue weighted by Gasteiger charge is 2.05. The summed E-state index contributed by atoms with van der Waals surface area (Å²) in [7, 11) is 0. The van der Waals surface area contributed by atoms with E-state index in [2.05, 4.69) is 42.1 Å². The molecule has 4 nitrogen and oxygen atoms in total. The number of nitrogens with zero attached hydrogens (tertiary/aromatic N) is 3. The molecule has 1 aromatic heterocycles. The van der Waals surface area contributed by atoms with Gasteiger partial charge in [0.2, 0.25) is 0 Å². The third-order valence-electron chi connectivity index (χ3n) is 2.66. The van der Waals surface area contributed by atoms with Crippen LogP contribution in [-0.4, -0.2) is 19.9 Å². The summed E-state index contributed by atoms with van der Waals surface area (Å²) in [6, 6.07) is 6.32. The van der Waals surface area contributed by atoms with Gasteiger partial charge >= 0.3 is 0 Å². The average molecular weight is 217 g/mol. The van der Waals surface area contributed by atoms with Crippen LogP contribution in [0.2, 0.25) is 0 Å². The van der Waals surface area contributed by atoms with Crippen LogP contribution in [0.15, 0.2) is 24.5 Å². The van der Waals surface area contributed by atoms with E-state index < -0.39 is 0 Å². The van der Waals surface area contributed by atoms with Gasteiger partial charge in [-0.05, 0) is 25.0 Å². The van der Waals surface area contributed by atoms with Gasteiger partial charge in [-0.25, -0.2) is 9.67 Å². The van der Waals surface area contributed by atoms with Gasteiger partial charge in [-0.15, -0.1) is 0 Å². The monoisotopic (exact) mass is 217 g/mol. The molecule has 16 heavy (non-hydrogen) atoms. The third kappa shape index (κ3) is 2.12. The Balaban J connectivity index is 2.30. The largest absolute Gasteiger partial charge is 0.388 e. The first-order valence-corrected chi connectivity index (χ1v) is 5.24. The van der Waals surface area contributed by atoms with E-state index in [-0.39, 0.29) is 6.61 Å². The lowest BCUT2D eigenvalue weighted by molar-refractivity contribution is 0.264. The fourth-order valence-corrected chi connectivity index (χ4v) is 1.67. The Morgan fingerprint density at radius 2 is 2.12 bits per heavy atom. The molecule has 1 N–H and O–H groups in total. The fraction of sp³-hybridized carbons (Fsp3) is 0.333. The zero-order valence-electron chi connectivity index (χ0n) is 9.51. The van der Waals surface area contributed by atoms with Crippen LogP contribution in [0.5, 0.6) is 0 Å². The zero-order valence-corrected chi connectivity index (χ0v) is 9.51. The van der Waals surface area contributed by atoms with Gasteiger partial charge in [-0.2, -0.15) is 5.10 Å². The van der Waals surface area contributed by atoms with Crippen molar-refractivity contribution in [3.63, 3.8) is 0 Å². The van der Waals surface area contributed by atoms with Crippen molar-refractivity contribution < 1.29 is 5.11 Å². The minimum atomic E-state index is -0.0785. The van der Waals surface area contributed by atoms with Crippen molar-refractivity contribution in [1.82, 2.24) is 14.8 Å². The summed E-state index contributed by atoms with van der Waals surface area (Å²) in [5.74, 6) is 0.598. The molecule has 2 rings (SSSR count). The minimum absolute atomic E-state index is 0.0785. The molecule has 0 spiro atoms. The maximum absolute atomic E-state index is 9.09. The fourth-order valence-electron chi connectivity index (χ4n) is 1.67. The summed E-state index contributed by atoms with van der Waals surface area (Å²) in [5, 5.41) is 13.2. The number of aliphatic hydroxyl groups is 1. The molecule has 0 fully saturated rings. The molecule has 0 amide bonds. The second kappa shape index (κ2) is 4.45. The van der Waals surface area contributed by atoms with Gasteiger partial charge in [0, 0.05) is 0 Å². The molecule has 1 aromatic carbocycles. The predicted octanol–water partition coefficient (Wildman–Crippen LogP) is 1.44. The molecule has 84 valence electrons. The predicted molar refractivity (Wildman–Crippen MR) is 61.0 cm³/mol. The van der Waals surface area contributed by atoms with E-state index in [1.54, 1.807) is 4.68 Å². The van der Waals surface area contributed by atoms with Crippen molar-refractivity contribution in [2.45, 2.75) is 27.0 Å². The molecule has 0 bridgehead atoms. The van der Waals surface area contributed by atoms with Gasteiger partial charge in [0.15, 0.2) is 5.82 Å². The first-order valence-electron chi connectivity index (χ1n) is 5.24. The second-order valence-corrected chi connectivity index (χ2v) is 3.92.